The Kier molecular flexibility index (Phi) is 6.89. The second kappa shape index (κ2) is 9.81. The van der Waals surface area contributed by atoms with Crippen LogP contribution in [0.4, 0.5) is 5.69 Å². The molecule has 1 aromatic heterocycles. The van der Waals surface area contributed by atoms with Gasteiger partial charge >= 0.3 is 0 Å². The highest BCUT2D eigenvalue weighted by Gasteiger charge is 2.25. The summed E-state index contributed by atoms with van der Waals surface area (Å²) in [5.74, 6) is -0.544. The Morgan fingerprint density at radius 3 is 2.84 bits per heavy atom. The topological polar surface area (TPSA) is 88.3 Å². The monoisotopic (exact) mass is 468 g/mol. The van der Waals surface area contributed by atoms with Gasteiger partial charge in [-0.25, -0.2) is 4.98 Å². The number of amides is 2. The lowest BCUT2D eigenvalue weighted by Crippen LogP contribution is -2.40. The normalized spacial score (nSPS) is 16.6. The Morgan fingerprint density at radius 2 is 2.06 bits per heavy atom. The standard InChI is InChI=1S/C24H25ClN4O2S/c1-15-21(32-24(27-15)16-7-4-9-19(25)12-16)23(31)28-20-10-3-2-6-17(20)13-29-11-5-8-18(14-29)22(26)30/h2-4,6-7,9-10,12,18H,5,8,11,13-14H2,1H3,(H2,26,30)(H,28,31). The molecule has 2 amide bonds. The summed E-state index contributed by atoms with van der Waals surface area (Å²) in [6, 6.07) is 15.2. The number of piperidine rings is 1. The lowest BCUT2D eigenvalue weighted by molar-refractivity contribution is -0.123. The number of aromatic nitrogens is 1. The fourth-order valence-corrected chi connectivity index (χ4v) is 5.13. The molecular formula is C24H25ClN4O2S. The number of para-hydroxylation sites is 1. The van der Waals surface area contributed by atoms with Gasteiger partial charge in [-0.15, -0.1) is 11.3 Å². The van der Waals surface area contributed by atoms with Gasteiger partial charge in [0.1, 0.15) is 9.88 Å². The van der Waals surface area contributed by atoms with E-state index in [1.807, 2.05) is 55.5 Å². The number of rotatable bonds is 6. The van der Waals surface area contributed by atoms with Crippen LogP contribution >= 0.6 is 22.9 Å². The molecule has 2 heterocycles. The first-order chi connectivity index (χ1) is 15.4. The fourth-order valence-electron chi connectivity index (χ4n) is 3.98. The van der Waals surface area contributed by atoms with E-state index in [9.17, 15) is 9.59 Å². The number of nitrogens with zero attached hydrogens (tertiary/aromatic N) is 2. The number of halogens is 1. The summed E-state index contributed by atoms with van der Waals surface area (Å²) in [5, 5.41) is 4.44. The maximum absolute atomic E-state index is 13.1. The van der Waals surface area contributed by atoms with E-state index in [1.54, 1.807) is 0 Å². The molecule has 1 aliphatic rings. The van der Waals surface area contributed by atoms with Crippen LogP contribution in [0.3, 0.4) is 0 Å². The van der Waals surface area contributed by atoms with E-state index in [4.69, 9.17) is 17.3 Å². The molecule has 3 aromatic rings. The molecule has 3 N–H and O–H groups in total. The van der Waals surface area contributed by atoms with Gasteiger partial charge in [0.05, 0.1) is 11.6 Å². The zero-order valence-corrected chi connectivity index (χ0v) is 19.4. The van der Waals surface area contributed by atoms with E-state index in [1.165, 1.54) is 11.3 Å². The lowest BCUT2D eigenvalue weighted by Gasteiger charge is -2.31. The van der Waals surface area contributed by atoms with E-state index in [0.29, 0.717) is 28.7 Å². The fraction of sp³-hybridized carbons (Fsp3) is 0.292. The molecule has 166 valence electrons. The summed E-state index contributed by atoms with van der Waals surface area (Å²) in [4.78, 5) is 32.1. The third-order valence-corrected chi connectivity index (χ3v) is 7.08. The molecule has 0 aliphatic carbocycles. The van der Waals surface area contributed by atoms with Crippen molar-refractivity contribution in [3.8, 4) is 10.6 Å². The van der Waals surface area contributed by atoms with Gasteiger partial charge in [0.15, 0.2) is 0 Å². The molecule has 0 saturated carbocycles. The minimum atomic E-state index is -0.243. The second-order valence-electron chi connectivity index (χ2n) is 8.03. The summed E-state index contributed by atoms with van der Waals surface area (Å²) in [5.41, 5.74) is 8.85. The first-order valence-corrected chi connectivity index (χ1v) is 11.7. The van der Waals surface area contributed by atoms with Gasteiger partial charge in [-0.2, -0.15) is 0 Å². The van der Waals surface area contributed by atoms with Gasteiger partial charge in [-0.05, 0) is 50.1 Å². The number of primary amides is 1. The molecule has 4 rings (SSSR count). The highest BCUT2D eigenvalue weighted by atomic mass is 35.5. The van der Waals surface area contributed by atoms with Gasteiger partial charge in [0.25, 0.3) is 5.91 Å². The smallest absolute Gasteiger partial charge is 0.267 e. The van der Waals surface area contributed by atoms with Crippen molar-refractivity contribution in [2.24, 2.45) is 11.7 Å². The molecule has 0 radical (unpaired) electrons. The predicted molar refractivity (Wildman–Crippen MR) is 129 cm³/mol. The molecule has 1 unspecified atom stereocenters. The van der Waals surface area contributed by atoms with Crippen LogP contribution in [0.5, 0.6) is 0 Å². The molecule has 2 aromatic carbocycles. The summed E-state index contributed by atoms with van der Waals surface area (Å²) in [6.07, 6.45) is 1.78. The Balaban J connectivity index is 1.50. The Labute approximate surface area is 196 Å². The minimum Gasteiger partial charge on any atom is -0.369 e. The van der Waals surface area contributed by atoms with Gasteiger partial charge in [-0.1, -0.05) is 41.9 Å². The molecule has 32 heavy (non-hydrogen) atoms. The molecule has 1 atom stereocenters. The molecule has 0 bridgehead atoms. The highest BCUT2D eigenvalue weighted by molar-refractivity contribution is 7.17. The lowest BCUT2D eigenvalue weighted by atomic mass is 9.97. The average Bonchev–Trinajstić information content (AvgIpc) is 3.17. The van der Waals surface area contributed by atoms with Gasteiger partial charge in [0, 0.05) is 29.4 Å². The summed E-state index contributed by atoms with van der Waals surface area (Å²) < 4.78 is 0. The van der Waals surface area contributed by atoms with Crippen LogP contribution in [-0.2, 0) is 11.3 Å². The van der Waals surface area contributed by atoms with E-state index in [2.05, 4.69) is 15.2 Å². The van der Waals surface area contributed by atoms with Crippen molar-refractivity contribution in [1.82, 2.24) is 9.88 Å². The van der Waals surface area contributed by atoms with Crippen molar-refractivity contribution >= 4 is 40.4 Å². The van der Waals surface area contributed by atoms with Crippen LogP contribution in [0.2, 0.25) is 5.02 Å². The Morgan fingerprint density at radius 1 is 1.25 bits per heavy atom. The molecule has 6 nitrogen and oxygen atoms in total. The number of hydrogen-bond acceptors (Lipinski definition) is 5. The predicted octanol–water partition coefficient (Wildman–Crippen LogP) is 4.72. The molecule has 1 saturated heterocycles. The summed E-state index contributed by atoms with van der Waals surface area (Å²) >= 11 is 7.45. The maximum Gasteiger partial charge on any atom is 0.267 e. The van der Waals surface area contributed by atoms with Crippen molar-refractivity contribution in [3.63, 3.8) is 0 Å². The van der Waals surface area contributed by atoms with Gasteiger partial charge in [0.2, 0.25) is 5.91 Å². The number of nitrogens with two attached hydrogens (primary N) is 1. The van der Waals surface area contributed by atoms with Crippen molar-refractivity contribution in [3.05, 3.63) is 69.7 Å². The van der Waals surface area contributed by atoms with Gasteiger partial charge < -0.3 is 11.1 Å². The SMILES string of the molecule is Cc1nc(-c2cccc(Cl)c2)sc1C(=O)Nc1ccccc1CN1CCCC(C(N)=O)C1. The largest absolute Gasteiger partial charge is 0.369 e. The molecule has 1 fully saturated rings. The summed E-state index contributed by atoms with van der Waals surface area (Å²) in [7, 11) is 0. The first-order valence-electron chi connectivity index (χ1n) is 10.5. The zero-order valence-electron chi connectivity index (χ0n) is 17.8. The molecule has 1 aliphatic heterocycles. The van der Waals surface area contributed by atoms with E-state index in [-0.39, 0.29) is 17.7 Å². The van der Waals surface area contributed by atoms with Crippen LogP contribution in [0.1, 0.15) is 33.8 Å². The third-order valence-electron chi connectivity index (χ3n) is 5.64. The van der Waals surface area contributed by atoms with Crippen LogP contribution in [0.25, 0.3) is 10.6 Å². The number of benzene rings is 2. The number of likely N-dealkylation sites (tertiary alicyclic amines) is 1. The van der Waals surface area contributed by atoms with Crippen molar-refractivity contribution < 1.29 is 9.59 Å². The highest BCUT2D eigenvalue weighted by Crippen LogP contribution is 2.30. The number of hydrogen-bond donors (Lipinski definition) is 2. The number of nitrogens with one attached hydrogen (secondary N) is 1. The number of carbonyl (C=O) groups is 2. The minimum absolute atomic E-state index is 0.116. The number of aryl methyl sites for hydroxylation is 1. The Hall–Kier alpha value is -2.74. The Bertz CT molecular complexity index is 1150. The number of carbonyl (C=O) groups excluding carboxylic acids is 2. The zero-order chi connectivity index (χ0) is 22.7. The van der Waals surface area contributed by atoms with E-state index >= 15 is 0 Å². The quantitative estimate of drug-likeness (QED) is 0.547. The first kappa shape index (κ1) is 22.5. The molecular weight excluding hydrogens is 444 g/mol. The van der Waals surface area contributed by atoms with Crippen LogP contribution in [0.15, 0.2) is 48.5 Å². The van der Waals surface area contributed by atoms with Crippen LogP contribution in [-0.4, -0.2) is 34.8 Å². The maximum atomic E-state index is 13.1. The van der Waals surface area contributed by atoms with E-state index < -0.39 is 0 Å². The average molecular weight is 469 g/mol. The number of thiazole rings is 1. The van der Waals surface area contributed by atoms with Crippen LogP contribution in [0, 0.1) is 12.8 Å². The summed E-state index contributed by atoms with van der Waals surface area (Å²) in [6.45, 7) is 4.04. The van der Waals surface area contributed by atoms with Crippen molar-refractivity contribution in [2.75, 3.05) is 18.4 Å². The molecule has 0 spiro atoms. The molecule has 8 heteroatoms. The number of anilines is 1. The van der Waals surface area contributed by atoms with Crippen molar-refractivity contribution in [2.45, 2.75) is 26.3 Å². The van der Waals surface area contributed by atoms with Gasteiger partial charge in [-0.3, -0.25) is 14.5 Å². The van der Waals surface area contributed by atoms with Crippen molar-refractivity contribution in [1.29, 1.82) is 0 Å². The van der Waals surface area contributed by atoms with E-state index in [0.717, 1.165) is 41.2 Å². The second-order valence-corrected chi connectivity index (χ2v) is 9.47. The third kappa shape index (κ3) is 5.18. The van der Waals surface area contributed by atoms with Crippen LogP contribution < -0.4 is 11.1 Å².